The van der Waals surface area contributed by atoms with E-state index in [0.717, 1.165) is 22.9 Å². The van der Waals surface area contributed by atoms with E-state index in [1.165, 1.54) is 13.0 Å². The zero-order valence-corrected chi connectivity index (χ0v) is 10.0. The molecule has 1 unspecified atom stereocenters. The van der Waals surface area contributed by atoms with Gasteiger partial charge in [0.15, 0.2) is 5.58 Å². The van der Waals surface area contributed by atoms with Crippen LogP contribution in [-0.4, -0.2) is 35.3 Å². The van der Waals surface area contributed by atoms with Crippen LogP contribution in [0.4, 0.5) is 0 Å². The summed E-state index contributed by atoms with van der Waals surface area (Å²) in [6.45, 7) is 2.31. The average molecular weight is 234 g/mol. The maximum Gasteiger partial charge on any atom is 0.257 e. The largest absolute Gasteiger partial charge is 0.431 e. The van der Waals surface area contributed by atoms with Crippen molar-refractivity contribution in [3.8, 4) is 0 Å². The number of hydrogen-bond donors (Lipinski definition) is 0. The second-order valence-corrected chi connectivity index (χ2v) is 5.49. The summed E-state index contributed by atoms with van der Waals surface area (Å²) in [5, 5.41) is 1.43. The topological polar surface area (TPSA) is 29.3 Å². The van der Waals surface area contributed by atoms with Crippen LogP contribution in [0.25, 0.3) is 11.1 Å². The van der Waals surface area contributed by atoms with Gasteiger partial charge in [-0.2, -0.15) is 0 Å². The van der Waals surface area contributed by atoms with Crippen molar-refractivity contribution in [2.45, 2.75) is 16.9 Å². The van der Waals surface area contributed by atoms with Gasteiger partial charge < -0.3 is 9.32 Å². The molecule has 1 atom stereocenters. The first-order chi connectivity index (χ1) is 7.81. The highest BCUT2D eigenvalue weighted by molar-refractivity contribution is 7.99. The van der Waals surface area contributed by atoms with E-state index in [4.69, 9.17) is 4.42 Å². The lowest BCUT2D eigenvalue weighted by molar-refractivity contribution is 0.418. The van der Waals surface area contributed by atoms with Gasteiger partial charge in [0.25, 0.3) is 5.22 Å². The summed E-state index contributed by atoms with van der Waals surface area (Å²) < 4.78 is 5.70. The highest BCUT2D eigenvalue weighted by Crippen LogP contribution is 2.30. The first-order valence-corrected chi connectivity index (χ1v) is 6.40. The van der Waals surface area contributed by atoms with Gasteiger partial charge in [0, 0.05) is 11.8 Å². The summed E-state index contributed by atoms with van der Waals surface area (Å²) >= 11 is 1.76. The maximum absolute atomic E-state index is 5.70. The summed E-state index contributed by atoms with van der Waals surface area (Å²) in [5.41, 5.74) is 1.84. The maximum atomic E-state index is 5.70. The van der Waals surface area contributed by atoms with Crippen molar-refractivity contribution < 1.29 is 4.42 Å². The number of fused-ring (bicyclic) bond motifs is 1. The van der Waals surface area contributed by atoms with Crippen molar-refractivity contribution in [3.05, 3.63) is 24.3 Å². The molecule has 0 bridgehead atoms. The molecular formula is C12H14N2OS. The molecule has 1 aromatic heterocycles. The van der Waals surface area contributed by atoms with E-state index in [0.29, 0.717) is 5.25 Å². The molecule has 0 N–H and O–H groups in total. The predicted octanol–water partition coefficient (Wildman–Crippen LogP) is 2.62. The predicted molar refractivity (Wildman–Crippen MR) is 65.8 cm³/mol. The SMILES string of the molecule is CN1CCC(Sc2nc3ccccc3o2)C1. The van der Waals surface area contributed by atoms with Gasteiger partial charge in [-0.25, -0.2) is 4.98 Å². The molecule has 16 heavy (non-hydrogen) atoms. The van der Waals surface area contributed by atoms with E-state index in [-0.39, 0.29) is 0 Å². The minimum atomic E-state index is 0.623. The van der Waals surface area contributed by atoms with Gasteiger partial charge in [0.2, 0.25) is 0 Å². The van der Waals surface area contributed by atoms with Gasteiger partial charge in [-0.05, 0) is 32.1 Å². The fourth-order valence-corrected chi connectivity index (χ4v) is 3.16. The first-order valence-electron chi connectivity index (χ1n) is 5.52. The van der Waals surface area contributed by atoms with Crippen LogP contribution < -0.4 is 0 Å². The van der Waals surface area contributed by atoms with Crippen LogP contribution >= 0.6 is 11.8 Å². The number of para-hydroxylation sites is 2. The number of oxazole rings is 1. The molecule has 3 rings (SSSR count). The van der Waals surface area contributed by atoms with E-state index in [1.807, 2.05) is 24.3 Å². The van der Waals surface area contributed by atoms with Crippen molar-refractivity contribution in [3.63, 3.8) is 0 Å². The highest BCUT2D eigenvalue weighted by atomic mass is 32.2. The van der Waals surface area contributed by atoms with Crippen molar-refractivity contribution >= 4 is 22.9 Å². The molecular weight excluding hydrogens is 220 g/mol. The molecule has 1 aromatic carbocycles. The van der Waals surface area contributed by atoms with Crippen LogP contribution in [0.2, 0.25) is 0 Å². The molecule has 0 radical (unpaired) electrons. The van der Waals surface area contributed by atoms with Crippen molar-refractivity contribution in [1.82, 2.24) is 9.88 Å². The van der Waals surface area contributed by atoms with Gasteiger partial charge in [-0.1, -0.05) is 23.9 Å². The minimum absolute atomic E-state index is 0.623. The number of thioether (sulfide) groups is 1. The second-order valence-electron chi connectivity index (χ2n) is 4.24. The molecule has 84 valence electrons. The zero-order valence-electron chi connectivity index (χ0n) is 9.22. The number of hydrogen-bond acceptors (Lipinski definition) is 4. The van der Waals surface area contributed by atoms with Crippen molar-refractivity contribution in [2.24, 2.45) is 0 Å². The summed E-state index contributed by atoms with van der Waals surface area (Å²) in [7, 11) is 2.16. The fraction of sp³-hybridized carbons (Fsp3) is 0.417. The third-order valence-electron chi connectivity index (χ3n) is 2.89. The lowest BCUT2D eigenvalue weighted by Crippen LogP contribution is -2.14. The van der Waals surface area contributed by atoms with Gasteiger partial charge >= 0.3 is 0 Å². The van der Waals surface area contributed by atoms with Gasteiger partial charge in [-0.15, -0.1) is 0 Å². The Labute approximate surface area is 98.8 Å². The summed E-state index contributed by atoms with van der Waals surface area (Å²) in [6, 6.07) is 7.92. The number of aromatic nitrogens is 1. The van der Waals surface area contributed by atoms with Gasteiger partial charge in [0.1, 0.15) is 5.52 Å². The number of benzene rings is 1. The van der Waals surface area contributed by atoms with E-state index < -0.39 is 0 Å². The lowest BCUT2D eigenvalue weighted by Gasteiger charge is -2.06. The van der Waals surface area contributed by atoms with Gasteiger partial charge in [-0.3, -0.25) is 0 Å². The average Bonchev–Trinajstić information content (AvgIpc) is 2.84. The Morgan fingerprint density at radius 2 is 2.31 bits per heavy atom. The third kappa shape index (κ3) is 1.95. The van der Waals surface area contributed by atoms with Crippen LogP contribution in [0.5, 0.6) is 0 Å². The highest BCUT2D eigenvalue weighted by Gasteiger charge is 2.22. The molecule has 3 nitrogen and oxygen atoms in total. The smallest absolute Gasteiger partial charge is 0.257 e. The third-order valence-corrected chi connectivity index (χ3v) is 3.98. The Balaban J connectivity index is 1.79. The molecule has 0 aliphatic carbocycles. The second kappa shape index (κ2) is 4.11. The molecule has 2 aromatic rings. The monoisotopic (exact) mass is 234 g/mol. The Morgan fingerprint density at radius 3 is 3.06 bits per heavy atom. The zero-order chi connectivity index (χ0) is 11.0. The quantitative estimate of drug-likeness (QED) is 0.799. The molecule has 1 saturated heterocycles. The van der Waals surface area contributed by atoms with E-state index in [2.05, 4.69) is 16.9 Å². The number of likely N-dealkylation sites (tertiary alicyclic amines) is 1. The van der Waals surface area contributed by atoms with E-state index in [9.17, 15) is 0 Å². The molecule has 4 heteroatoms. The van der Waals surface area contributed by atoms with Crippen molar-refractivity contribution in [2.75, 3.05) is 20.1 Å². The first kappa shape index (κ1) is 10.2. The fourth-order valence-electron chi connectivity index (χ4n) is 2.03. The molecule has 1 fully saturated rings. The Morgan fingerprint density at radius 1 is 1.44 bits per heavy atom. The van der Waals surface area contributed by atoms with Crippen LogP contribution in [0.15, 0.2) is 33.9 Å². The minimum Gasteiger partial charge on any atom is -0.431 e. The Hall–Kier alpha value is -1.00. The molecule has 0 amide bonds. The van der Waals surface area contributed by atoms with Crippen LogP contribution in [-0.2, 0) is 0 Å². The van der Waals surface area contributed by atoms with Crippen LogP contribution in [0.3, 0.4) is 0 Å². The van der Waals surface area contributed by atoms with E-state index in [1.54, 1.807) is 11.8 Å². The van der Waals surface area contributed by atoms with Crippen LogP contribution in [0, 0.1) is 0 Å². The molecule has 0 saturated carbocycles. The summed E-state index contributed by atoms with van der Waals surface area (Å²) in [4.78, 5) is 6.83. The normalized spacial score (nSPS) is 21.9. The Kier molecular flexibility index (Phi) is 2.61. The Bertz CT molecular complexity index is 463. The van der Waals surface area contributed by atoms with E-state index >= 15 is 0 Å². The molecule has 2 heterocycles. The number of nitrogens with zero attached hydrogens (tertiary/aromatic N) is 2. The van der Waals surface area contributed by atoms with Crippen LogP contribution in [0.1, 0.15) is 6.42 Å². The standard InChI is InChI=1S/C12H14N2OS/c1-14-7-6-9(8-14)16-12-13-10-4-2-3-5-11(10)15-12/h2-5,9H,6-8H2,1H3. The molecule has 1 aliphatic heterocycles. The number of rotatable bonds is 2. The summed E-state index contributed by atoms with van der Waals surface area (Å²) in [5.74, 6) is 0. The summed E-state index contributed by atoms with van der Waals surface area (Å²) in [6.07, 6.45) is 1.22. The molecule has 0 spiro atoms. The molecule has 1 aliphatic rings. The lowest BCUT2D eigenvalue weighted by atomic mass is 10.3. The van der Waals surface area contributed by atoms with Gasteiger partial charge in [0.05, 0.1) is 0 Å². The van der Waals surface area contributed by atoms with Crippen molar-refractivity contribution in [1.29, 1.82) is 0 Å².